The van der Waals surface area contributed by atoms with E-state index in [1.165, 1.54) is 11.8 Å². The Morgan fingerprint density at radius 1 is 1.41 bits per heavy atom. The molecule has 6 nitrogen and oxygen atoms in total. The van der Waals surface area contributed by atoms with Crippen LogP contribution in [0.5, 0.6) is 0 Å². The van der Waals surface area contributed by atoms with Gasteiger partial charge in [-0.3, -0.25) is 14.9 Å². The smallest absolute Gasteiger partial charge is 0.233 e. The highest BCUT2D eigenvalue weighted by Crippen LogP contribution is 2.18. The molecule has 2 aromatic heterocycles. The van der Waals surface area contributed by atoms with Crippen molar-refractivity contribution >= 4 is 17.7 Å². The molecule has 1 amide bonds. The molecule has 1 N–H and O–H groups in total. The minimum atomic E-state index is 0.0609. The van der Waals surface area contributed by atoms with Gasteiger partial charge < -0.3 is 4.90 Å². The number of nitrogens with zero attached hydrogens (tertiary/aromatic N) is 4. The normalized spacial score (nSPS) is 10.5. The number of carbonyl (C=O) groups is 1. The fourth-order valence-corrected chi connectivity index (χ4v) is 2.57. The summed E-state index contributed by atoms with van der Waals surface area (Å²) in [6.45, 7) is 8.98. The Morgan fingerprint density at radius 2 is 2.14 bits per heavy atom. The number of rotatable bonds is 7. The first-order chi connectivity index (χ1) is 10.6. The topological polar surface area (TPSA) is 74.8 Å². The largest absolute Gasteiger partial charge is 0.338 e. The van der Waals surface area contributed by atoms with Crippen LogP contribution in [0.15, 0.2) is 41.8 Å². The number of hydrogen-bond acceptors (Lipinski definition) is 5. The van der Waals surface area contributed by atoms with E-state index in [2.05, 4.69) is 26.7 Å². The lowest BCUT2D eigenvalue weighted by atomic mass is 10.3. The molecule has 0 fully saturated rings. The maximum Gasteiger partial charge on any atom is 0.233 e. The molecule has 0 bridgehead atoms. The molecule has 7 heteroatoms. The number of aromatic amines is 1. The zero-order chi connectivity index (χ0) is 15.9. The van der Waals surface area contributed by atoms with Gasteiger partial charge in [0, 0.05) is 31.0 Å². The average Bonchev–Trinajstić information content (AvgIpc) is 3.00. The summed E-state index contributed by atoms with van der Waals surface area (Å²) >= 11 is 1.32. The minimum absolute atomic E-state index is 0.0609. The van der Waals surface area contributed by atoms with E-state index in [-0.39, 0.29) is 5.91 Å². The zero-order valence-corrected chi connectivity index (χ0v) is 13.6. The molecule has 0 aromatic carbocycles. The van der Waals surface area contributed by atoms with Gasteiger partial charge in [-0.1, -0.05) is 23.9 Å². The maximum atomic E-state index is 12.1. The van der Waals surface area contributed by atoms with Crippen LogP contribution in [0.25, 0.3) is 11.4 Å². The highest BCUT2D eigenvalue weighted by molar-refractivity contribution is 7.99. The molecule has 0 aliphatic rings. The van der Waals surface area contributed by atoms with Gasteiger partial charge in [-0.2, -0.15) is 0 Å². The molecule has 0 spiro atoms. The Kier molecular flexibility index (Phi) is 5.71. The van der Waals surface area contributed by atoms with E-state index in [9.17, 15) is 4.79 Å². The summed E-state index contributed by atoms with van der Waals surface area (Å²) in [5.74, 6) is 1.05. The summed E-state index contributed by atoms with van der Waals surface area (Å²) in [5, 5.41) is 7.56. The first-order valence-electron chi connectivity index (χ1n) is 6.98. The van der Waals surface area contributed by atoms with Crippen LogP contribution in [0.1, 0.15) is 13.8 Å². The van der Waals surface area contributed by atoms with E-state index >= 15 is 0 Å². The van der Waals surface area contributed by atoms with Gasteiger partial charge in [-0.05, 0) is 26.0 Å². The molecule has 22 heavy (non-hydrogen) atoms. The molecule has 0 aliphatic heterocycles. The molecule has 0 saturated carbocycles. The van der Waals surface area contributed by atoms with Crippen LogP contribution >= 0.6 is 11.8 Å². The van der Waals surface area contributed by atoms with Crippen molar-refractivity contribution in [2.75, 3.05) is 18.8 Å². The van der Waals surface area contributed by atoms with Gasteiger partial charge in [0.15, 0.2) is 5.82 Å². The summed E-state index contributed by atoms with van der Waals surface area (Å²) in [6, 6.07) is 3.71. The minimum Gasteiger partial charge on any atom is -0.338 e. The van der Waals surface area contributed by atoms with Crippen LogP contribution in [0.4, 0.5) is 0 Å². The fraction of sp³-hybridized carbons (Fsp3) is 0.333. The molecule has 2 heterocycles. The van der Waals surface area contributed by atoms with Crippen molar-refractivity contribution in [1.29, 1.82) is 0 Å². The number of aromatic nitrogens is 4. The summed E-state index contributed by atoms with van der Waals surface area (Å²) in [5.41, 5.74) is 1.89. The highest BCUT2D eigenvalue weighted by Gasteiger charge is 2.14. The van der Waals surface area contributed by atoms with Crippen molar-refractivity contribution in [3.63, 3.8) is 0 Å². The first kappa shape index (κ1) is 16.2. The molecule has 0 aliphatic carbocycles. The second-order valence-electron chi connectivity index (χ2n) is 4.86. The number of pyridine rings is 1. The molecular weight excluding hydrogens is 298 g/mol. The highest BCUT2D eigenvalue weighted by atomic mass is 32.2. The third kappa shape index (κ3) is 4.42. The van der Waals surface area contributed by atoms with Crippen LogP contribution in [0, 0.1) is 0 Å². The molecular formula is C15H19N5OS. The predicted molar refractivity (Wildman–Crippen MR) is 87.4 cm³/mol. The van der Waals surface area contributed by atoms with Crippen LogP contribution < -0.4 is 0 Å². The number of hydrogen-bond donors (Lipinski definition) is 1. The van der Waals surface area contributed by atoms with Crippen molar-refractivity contribution in [1.82, 2.24) is 25.1 Å². The van der Waals surface area contributed by atoms with Gasteiger partial charge in [0.2, 0.25) is 11.1 Å². The van der Waals surface area contributed by atoms with E-state index in [1.54, 1.807) is 17.3 Å². The summed E-state index contributed by atoms with van der Waals surface area (Å²) < 4.78 is 0. The molecule has 0 saturated heterocycles. The van der Waals surface area contributed by atoms with Gasteiger partial charge in [0.1, 0.15) is 0 Å². The standard InChI is InChI=1S/C15H19N5OS/c1-4-20(9-11(2)3)13(21)10-22-15-17-14(18-19-15)12-5-7-16-8-6-12/h5-8H,2,4,9-10H2,1,3H3,(H,17,18,19). The lowest BCUT2D eigenvalue weighted by Crippen LogP contribution is -2.33. The third-order valence-corrected chi connectivity index (χ3v) is 3.77. The molecule has 0 unspecified atom stereocenters. The number of nitrogens with one attached hydrogen (secondary N) is 1. The van der Waals surface area contributed by atoms with Crippen LogP contribution in [-0.2, 0) is 4.79 Å². The van der Waals surface area contributed by atoms with Gasteiger partial charge in [0.25, 0.3) is 0 Å². The molecule has 2 rings (SSSR count). The van der Waals surface area contributed by atoms with E-state index in [4.69, 9.17) is 0 Å². The number of carbonyl (C=O) groups excluding carboxylic acids is 1. The second-order valence-corrected chi connectivity index (χ2v) is 5.80. The molecule has 2 aromatic rings. The quantitative estimate of drug-likeness (QED) is 0.627. The van der Waals surface area contributed by atoms with Gasteiger partial charge in [-0.25, -0.2) is 4.98 Å². The lowest BCUT2D eigenvalue weighted by Gasteiger charge is -2.20. The Bertz CT molecular complexity index is 640. The SMILES string of the molecule is C=C(C)CN(CC)C(=O)CSc1n[nH]c(-c2ccncc2)n1. The summed E-state index contributed by atoms with van der Waals surface area (Å²) in [4.78, 5) is 22.3. The molecule has 0 radical (unpaired) electrons. The predicted octanol–water partition coefficient (Wildman–Crippen LogP) is 2.38. The molecule has 0 atom stereocenters. The van der Waals surface area contributed by atoms with Crippen molar-refractivity contribution in [2.24, 2.45) is 0 Å². The van der Waals surface area contributed by atoms with Crippen molar-refractivity contribution in [3.8, 4) is 11.4 Å². The van der Waals surface area contributed by atoms with E-state index in [0.717, 1.165) is 11.1 Å². The van der Waals surface area contributed by atoms with Crippen molar-refractivity contribution < 1.29 is 4.79 Å². The van der Waals surface area contributed by atoms with E-state index in [0.29, 0.717) is 29.8 Å². The van der Waals surface area contributed by atoms with Crippen LogP contribution in [0.2, 0.25) is 0 Å². The average molecular weight is 317 g/mol. The second kappa shape index (κ2) is 7.74. The Hall–Kier alpha value is -2.15. The van der Waals surface area contributed by atoms with Crippen molar-refractivity contribution in [3.05, 3.63) is 36.7 Å². The lowest BCUT2D eigenvalue weighted by molar-refractivity contribution is -0.127. The Labute approximate surface area is 134 Å². The number of amides is 1. The summed E-state index contributed by atoms with van der Waals surface area (Å²) in [7, 11) is 0. The first-order valence-corrected chi connectivity index (χ1v) is 7.96. The molecule has 116 valence electrons. The maximum absolute atomic E-state index is 12.1. The fourth-order valence-electron chi connectivity index (χ4n) is 1.87. The van der Waals surface area contributed by atoms with E-state index < -0.39 is 0 Å². The number of thioether (sulfide) groups is 1. The van der Waals surface area contributed by atoms with E-state index in [1.807, 2.05) is 26.0 Å². The van der Waals surface area contributed by atoms with Gasteiger partial charge in [-0.15, -0.1) is 5.10 Å². The Morgan fingerprint density at radius 3 is 2.77 bits per heavy atom. The summed E-state index contributed by atoms with van der Waals surface area (Å²) in [6.07, 6.45) is 3.40. The van der Waals surface area contributed by atoms with Gasteiger partial charge >= 0.3 is 0 Å². The van der Waals surface area contributed by atoms with Crippen molar-refractivity contribution in [2.45, 2.75) is 19.0 Å². The number of likely N-dealkylation sites (N-methyl/N-ethyl adjacent to an activating group) is 1. The van der Waals surface area contributed by atoms with Crippen LogP contribution in [0.3, 0.4) is 0 Å². The number of H-pyrrole nitrogens is 1. The van der Waals surface area contributed by atoms with Gasteiger partial charge in [0.05, 0.1) is 5.75 Å². The third-order valence-electron chi connectivity index (χ3n) is 2.94. The monoisotopic (exact) mass is 317 g/mol. The van der Waals surface area contributed by atoms with Crippen LogP contribution in [-0.4, -0.2) is 49.8 Å². The Balaban J connectivity index is 1.93. The zero-order valence-electron chi connectivity index (χ0n) is 12.7.